The van der Waals surface area contributed by atoms with E-state index in [4.69, 9.17) is 0 Å². The second kappa shape index (κ2) is 9.76. The molecule has 3 heteroatoms. The SMILES string of the molecule is C/C=C/CCCCCCCCC[C@H]1CC(=O)OC1=O. The van der Waals surface area contributed by atoms with Gasteiger partial charge in [-0.1, -0.05) is 50.7 Å². The largest absolute Gasteiger partial charge is 0.393 e. The van der Waals surface area contributed by atoms with Gasteiger partial charge in [-0.25, -0.2) is 0 Å². The molecule has 0 saturated carbocycles. The molecule has 0 aliphatic carbocycles. The van der Waals surface area contributed by atoms with Crippen molar-refractivity contribution in [3.63, 3.8) is 0 Å². The molecule has 1 rings (SSSR count). The predicted molar refractivity (Wildman–Crippen MR) is 75.6 cm³/mol. The first-order valence-electron chi connectivity index (χ1n) is 7.59. The zero-order valence-corrected chi connectivity index (χ0v) is 12.0. The van der Waals surface area contributed by atoms with Crippen LogP contribution in [0.3, 0.4) is 0 Å². The van der Waals surface area contributed by atoms with Crippen LogP contribution in [0.25, 0.3) is 0 Å². The lowest BCUT2D eigenvalue weighted by molar-refractivity contribution is -0.153. The average Bonchev–Trinajstić information content (AvgIpc) is 2.70. The number of ether oxygens (including phenoxy) is 1. The van der Waals surface area contributed by atoms with Gasteiger partial charge in [-0.3, -0.25) is 9.59 Å². The smallest absolute Gasteiger partial charge is 0.317 e. The van der Waals surface area contributed by atoms with Gasteiger partial charge in [-0.15, -0.1) is 0 Å². The summed E-state index contributed by atoms with van der Waals surface area (Å²) in [7, 11) is 0. The summed E-state index contributed by atoms with van der Waals surface area (Å²) in [4.78, 5) is 22.1. The van der Waals surface area contributed by atoms with Crippen molar-refractivity contribution < 1.29 is 14.3 Å². The first-order valence-corrected chi connectivity index (χ1v) is 7.59. The van der Waals surface area contributed by atoms with Crippen LogP contribution >= 0.6 is 0 Å². The number of unbranched alkanes of at least 4 members (excludes halogenated alkanes) is 7. The summed E-state index contributed by atoms with van der Waals surface area (Å²) in [6.07, 6.45) is 15.3. The molecular weight excluding hydrogens is 240 g/mol. The number of carbonyl (C=O) groups is 2. The van der Waals surface area contributed by atoms with E-state index in [-0.39, 0.29) is 17.9 Å². The van der Waals surface area contributed by atoms with Gasteiger partial charge in [0.15, 0.2) is 0 Å². The fraction of sp³-hybridized carbons (Fsp3) is 0.750. The first-order chi connectivity index (χ1) is 9.24. The van der Waals surface area contributed by atoms with E-state index in [0.717, 1.165) is 19.3 Å². The Morgan fingerprint density at radius 3 is 2.26 bits per heavy atom. The van der Waals surface area contributed by atoms with Gasteiger partial charge in [-0.05, 0) is 26.2 Å². The van der Waals surface area contributed by atoms with Gasteiger partial charge in [0, 0.05) is 0 Å². The summed E-state index contributed by atoms with van der Waals surface area (Å²) in [5.74, 6) is -0.821. The Bertz CT molecular complexity index is 307. The highest BCUT2D eigenvalue weighted by Crippen LogP contribution is 2.22. The molecule has 0 aromatic rings. The highest BCUT2D eigenvalue weighted by molar-refractivity contribution is 5.94. The Hall–Kier alpha value is -1.12. The molecule has 0 unspecified atom stereocenters. The monoisotopic (exact) mass is 266 g/mol. The van der Waals surface area contributed by atoms with Crippen molar-refractivity contribution in [2.75, 3.05) is 0 Å². The molecule has 108 valence electrons. The number of hydrogen-bond acceptors (Lipinski definition) is 3. The predicted octanol–water partition coefficient (Wildman–Crippen LogP) is 4.16. The summed E-state index contributed by atoms with van der Waals surface area (Å²) in [5, 5.41) is 0. The minimum absolute atomic E-state index is 0.159. The average molecular weight is 266 g/mol. The van der Waals surface area contributed by atoms with Gasteiger partial charge in [-0.2, -0.15) is 0 Å². The van der Waals surface area contributed by atoms with Gasteiger partial charge in [0.25, 0.3) is 0 Å². The molecule has 1 aliphatic heterocycles. The Morgan fingerprint density at radius 2 is 1.68 bits per heavy atom. The van der Waals surface area contributed by atoms with Crippen LogP contribution in [-0.4, -0.2) is 11.9 Å². The van der Waals surface area contributed by atoms with E-state index in [1.807, 2.05) is 0 Å². The van der Waals surface area contributed by atoms with Gasteiger partial charge in [0.1, 0.15) is 0 Å². The highest BCUT2D eigenvalue weighted by Gasteiger charge is 2.32. The Labute approximate surface area is 116 Å². The summed E-state index contributed by atoms with van der Waals surface area (Å²) in [6.45, 7) is 2.06. The van der Waals surface area contributed by atoms with Crippen LogP contribution in [0.5, 0.6) is 0 Å². The summed E-state index contributed by atoms with van der Waals surface area (Å²) in [5.41, 5.74) is 0. The highest BCUT2D eigenvalue weighted by atomic mass is 16.6. The van der Waals surface area contributed by atoms with Crippen LogP contribution in [-0.2, 0) is 14.3 Å². The third-order valence-electron chi connectivity index (χ3n) is 3.62. The van der Waals surface area contributed by atoms with Gasteiger partial charge in [0.05, 0.1) is 12.3 Å². The number of allylic oxidation sites excluding steroid dienone is 2. The van der Waals surface area contributed by atoms with E-state index in [1.54, 1.807) is 0 Å². The quantitative estimate of drug-likeness (QED) is 0.258. The molecular formula is C16H26O3. The molecule has 1 fully saturated rings. The maximum atomic E-state index is 11.2. The lowest BCUT2D eigenvalue weighted by Gasteiger charge is -2.04. The van der Waals surface area contributed by atoms with E-state index in [2.05, 4.69) is 23.8 Å². The van der Waals surface area contributed by atoms with Crippen molar-refractivity contribution in [1.82, 2.24) is 0 Å². The molecule has 1 saturated heterocycles. The van der Waals surface area contributed by atoms with Crippen molar-refractivity contribution in [1.29, 1.82) is 0 Å². The number of esters is 2. The summed E-state index contributed by atoms with van der Waals surface area (Å²) < 4.78 is 4.53. The zero-order valence-electron chi connectivity index (χ0n) is 12.0. The van der Waals surface area contributed by atoms with Crippen LogP contribution in [0.4, 0.5) is 0 Å². The number of cyclic esters (lactones) is 2. The molecule has 19 heavy (non-hydrogen) atoms. The Kier molecular flexibility index (Phi) is 8.19. The van der Waals surface area contributed by atoms with E-state index in [1.165, 1.54) is 38.5 Å². The second-order valence-corrected chi connectivity index (χ2v) is 5.32. The Balaban J connectivity index is 1.86. The third kappa shape index (κ3) is 7.14. The first kappa shape index (κ1) is 15.9. The van der Waals surface area contributed by atoms with Crippen LogP contribution in [0, 0.1) is 5.92 Å². The lowest BCUT2D eigenvalue weighted by Crippen LogP contribution is -2.06. The van der Waals surface area contributed by atoms with Crippen LogP contribution in [0.2, 0.25) is 0 Å². The fourth-order valence-electron chi connectivity index (χ4n) is 2.45. The van der Waals surface area contributed by atoms with Crippen molar-refractivity contribution >= 4 is 11.9 Å². The number of rotatable bonds is 10. The second-order valence-electron chi connectivity index (χ2n) is 5.32. The van der Waals surface area contributed by atoms with E-state index in [0.29, 0.717) is 6.42 Å². The molecule has 0 aromatic heterocycles. The van der Waals surface area contributed by atoms with Crippen molar-refractivity contribution in [3.8, 4) is 0 Å². The topological polar surface area (TPSA) is 43.4 Å². The number of hydrogen-bond donors (Lipinski definition) is 0. The minimum Gasteiger partial charge on any atom is -0.393 e. The van der Waals surface area contributed by atoms with Crippen LogP contribution in [0.15, 0.2) is 12.2 Å². The summed E-state index contributed by atoms with van der Waals surface area (Å²) in [6, 6.07) is 0. The molecule has 0 amide bonds. The van der Waals surface area contributed by atoms with Gasteiger partial charge < -0.3 is 4.74 Å². The molecule has 1 atom stereocenters. The van der Waals surface area contributed by atoms with Crippen molar-refractivity contribution in [2.45, 2.75) is 71.1 Å². The van der Waals surface area contributed by atoms with Gasteiger partial charge in [0.2, 0.25) is 0 Å². The minimum atomic E-state index is -0.351. The summed E-state index contributed by atoms with van der Waals surface area (Å²) >= 11 is 0. The molecule has 1 aliphatic rings. The lowest BCUT2D eigenvalue weighted by atomic mass is 9.99. The van der Waals surface area contributed by atoms with E-state index < -0.39 is 0 Å². The van der Waals surface area contributed by atoms with Crippen LogP contribution in [0.1, 0.15) is 71.1 Å². The molecule has 0 radical (unpaired) electrons. The molecule has 0 N–H and O–H groups in total. The van der Waals surface area contributed by atoms with Crippen molar-refractivity contribution in [2.24, 2.45) is 5.92 Å². The maximum absolute atomic E-state index is 11.2. The Morgan fingerprint density at radius 1 is 1.05 bits per heavy atom. The maximum Gasteiger partial charge on any atom is 0.317 e. The van der Waals surface area contributed by atoms with Crippen molar-refractivity contribution in [3.05, 3.63) is 12.2 Å². The van der Waals surface area contributed by atoms with Gasteiger partial charge >= 0.3 is 11.9 Å². The molecule has 3 nitrogen and oxygen atoms in total. The number of carbonyl (C=O) groups excluding carboxylic acids is 2. The molecule has 1 heterocycles. The molecule has 0 spiro atoms. The normalized spacial score (nSPS) is 19.3. The molecule has 0 aromatic carbocycles. The van der Waals surface area contributed by atoms with Crippen LogP contribution < -0.4 is 0 Å². The van der Waals surface area contributed by atoms with E-state index in [9.17, 15) is 9.59 Å². The zero-order chi connectivity index (χ0) is 13.9. The third-order valence-corrected chi connectivity index (χ3v) is 3.62. The van der Waals surface area contributed by atoms with E-state index >= 15 is 0 Å². The standard InChI is InChI=1S/C16H26O3/c1-2-3-4-5-6-7-8-9-10-11-12-14-13-15(17)19-16(14)18/h2-3,14H,4-13H2,1H3/b3-2+/t14-/m0/s1. The molecule has 0 bridgehead atoms. The fourth-order valence-corrected chi connectivity index (χ4v) is 2.45.